The summed E-state index contributed by atoms with van der Waals surface area (Å²) in [5.74, 6) is -0.196. The summed E-state index contributed by atoms with van der Waals surface area (Å²) in [4.78, 5) is 0. The van der Waals surface area contributed by atoms with Crippen LogP contribution in [0.2, 0.25) is 5.02 Å². The molecule has 4 heteroatoms. The number of methoxy groups -OCH3 is 1. The normalized spacial score (nSPS) is 18.9. The van der Waals surface area contributed by atoms with Crippen LogP contribution in [0.25, 0.3) is 0 Å². The third-order valence-electron chi connectivity index (χ3n) is 4.12. The highest BCUT2D eigenvalue weighted by Gasteiger charge is 2.44. The highest BCUT2D eigenvalue weighted by molar-refractivity contribution is 6.30. The predicted octanol–water partition coefficient (Wildman–Crippen LogP) is 3.57. The van der Waals surface area contributed by atoms with Gasteiger partial charge in [0.15, 0.2) is 0 Å². The maximum atomic E-state index is 13.9. The van der Waals surface area contributed by atoms with Crippen molar-refractivity contribution in [3.63, 3.8) is 0 Å². The third-order valence-corrected chi connectivity index (χ3v) is 4.36. The lowest BCUT2D eigenvalue weighted by Crippen LogP contribution is -2.57. The van der Waals surface area contributed by atoms with Gasteiger partial charge in [-0.15, -0.1) is 0 Å². The summed E-state index contributed by atoms with van der Waals surface area (Å²) in [5, 5.41) is 4.01. The number of nitrogens with one attached hydrogen (secondary N) is 1. The van der Waals surface area contributed by atoms with Crippen molar-refractivity contribution in [2.24, 2.45) is 0 Å². The Hall–Kier alpha value is -0.640. The zero-order chi connectivity index (χ0) is 13.9. The van der Waals surface area contributed by atoms with Crippen molar-refractivity contribution < 1.29 is 9.13 Å². The minimum absolute atomic E-state index is 0.129. The van der Waals surface area contributed by atoms with E-state index in [1.807, 2.05) is 0 Å². The second-order valence-corrected chi connectivity index (χ2v) is 5.61. The number of halogens is 2. The monoisotopic (exact) mass is 285 g/mol. The van der Waals surface area contributed by atoms with E-state index in [1.54, 1.807) is 19.2 Å². The maximum absolute atomic E-state index is 13.9. The molecular weight excluding hydrogens is 265 g/mol. The summed E-state index contributed by atoms with van der Waals surface area (Å²) >= 11 is 5.96. The summed E-state index contributed by atoms with van der Waals surface area (Å²) < 4.78 is 19.6. The van der Waals surface area contributed by atoms with Gasteiger partial charge in [-0.05, 0) is 56.0 Å². The molecule has 0 spiro atoms. The lowest BCUT2D eigenvalue weighted by molar-refractivity contribution is -0.0979. The van der Waals surface area contributed by atoms with E-state index in [4.69, 9.17) is 16.3 Å². The van der Waals surface area contributed by atoms with Gasteiger partial charge in [-0.3, -0.25) is 0 Å². The molecule has 1 aromatic carbocycles. The number of hydrogen-bond acceptors (Lipinski definition) is 2. The molecule has 0 saturated heterocycles. The Morgan fingerprint density at radius 1 is 1.47 bits per heavy atom. The lowest BCUT2D eigenvalue weighted by Gasteiger charge is -2.47. The van der Waals surface area contributed by atoms with Crippen molar-refractivity contribution >= 4 is 11.6 Å². The predicted molar refractivity (Wildman–Crippen MR) is 76.2 cm³/mol. The van der Waals surface area contributed by atoms with Gasteiger partial charge in [0.25, 0.3) is 0 Å². The average Bonchev–Trinajstić information content (AvgIpc) is 2.33. The molecule has 106 valence electrons. The minimum atomic E-state index is -0.196. The molecule has 2 nitrogen and oxygen atoms in total. The maximum Gasteiger partial charge on any atom is 0.126 e. The van der Waals surface area contributed by atoms with Gasteiger partial charge in [0, 0.05) is 18.2 Å². The van der Waals surface area contributed by atoms with E-state index in [9.17, 15) is 4.39 Å². The standard InChI is InChI=1S/C15H21ClFNO/c1-3-18-14(15(19-2)7-4-8-15)10-11-9-12(16)5-6-13(11)17/h5-6,9,14,18H,3-4,7-8,10H2,1-2H3. The van der Waals surface area contributed by atoms with E-state index < -0.39 is 0 Å². The number of rotatable bonds is 6. The first-order valence-electron chi connectivity index (χ1n) is 6.84. The Morgan fingerprint density at radius 2 is 2.21 bits per heavy atom. The van der Waals surface area contributed by atoms with E-state index in [2.05, 4.69) is 12.2 Å². The average molecular weight is 286 g/mol. The van der Waals surface area contributed by atoms with Crippen LogP contribution in [0.15, 0.2) is 18.2 Å². The number of likely N-dealkylation sites (N-methyl/N-ethyl adjacent to an activating group) is 1. The van der Waals surface area contributed by atoms with Crippen LogP contribution < -0.4 is 5.32 Å². The molecule has 0 radical (unpaired) electrons. The molecule has 0 amide bonds. The van der Waals surface area contributed by atoms with Crippen molar-refractivity contribution in [3.8, 4) is 0 Å². The van der Waals surface area contributed by atoms with Gasteiger partial charge < -0.3 is 10.1 Å². The van der Waals surface area contributed by atoms with Gasteiger partial charge in [0.1, 0.15) is 5.82 Å². The summed E-state index contributed by atoms with van der Waals surface area (Å²) in [5.41, 5.74) is 0.506. The fourth-order valence-electron chi connectivity index (χ4n) is 2.83. The van der Waals surface area contributed by atoms with Crippen LogP contribution in [-0.4, -0.2) is 25.3 Å². The van der Waals surface area contributed by atoms with Gasteiger partial charge in [-0.25, -0.2) is 4.39 Å². The van der Waals surface area contributed by atoms with Gasteiger partial charge in [0.2, 0.25) is 0 Å². The van der Waals surface area contributed by atoms with E-state index in [0.717, 1.165) is 19.4 Å². The molecular formula is C15H21ClFNO. The van der Waals surface area contributed by atoms with E-state index >= 15 is 0 Å². The highest BCUT2D eigenvalue weighted by atomic mass is 35.5. The summed E-state index contributed by atoms with van der Waals surface area (Å²) in [6.45, 7) is 2.90. The van der Waals surface area contributed by atoms with E-state index in [1.165, 1.54) is 12.5 Å². The Balaban J connectivity index is 2.18. The summed E-state index contributed by atoms with van der Waals surface area (Å²) in [6, 6.07) is 4.85. The molecule has 0 aromatic heterocycles. The van der Waals surface area contributed by atoms with Gasteiger partial charge in [-0.2, -0.15) is 0 Å². The topological polar surface area (TPSA) is 21.3 Å². The smallest absolute Gasteiger partial charge is 0.126 e. The first kappa shape index (κ1) is 14.8. The number of ether oxygens (including phenoxy) is 1. The zero-order valence-corrected chi connectivity index (χ0v) is 12.3. The van der Waals surface area contributed by atoms with Gasteiger partial charge in [-0.1, -0.05) is 18.5 Å². The molecule has 0 aliphatic heterocycles. The zero-order valence-electron chi connectivity index (χ0n) is 11.5. The molecule has 1 aromatic rings. The molecule has 1 aliphatic carbocycles. The third kappa shape index (κ3) is 3.10. The van der Waals surface area contributed by atoms with E-state index in [0.29, 0.717) is 17.0 Å². The quantitative estimate of drug-likeness (QED) is 0.863. The Kier molecular flexibility index (Phi) is 4.82. The molecule has 1 atom stereocenters. The van der Waals surface area contributed by atoms with Gasteiger partial charge in [0.05, 0.1) is 5.60 Å². The fourth-order valence-corrected chi connectivity index (χ4v) is 3.03. The molecule has 0 bridgehead atoms. The summed E-state index contributed by atoms with van der Waals surface area (Å²) in [6.07, 6.45) is 3.84. The number of benzene rings is 1. The Morgan fingerprint density at radius 3 is 2.74 bits per heavy atom. The first-order valence-corrected chi connectivity index (χ1v) is 7.21. The Bertz CT molecular complexity index is 429. The van der Waals surface area contributed by atoms with Crippen molar-refractivity contribution in [2.75, 3.05) is 13.7 Å². The molecule has 1 fully saturated rings. The molecule has 2 rings (SSSR count). The summed E-state index contributed by atoms with van der Waals surface area (Å²) in [7, 11) is 1.75. The molecule has 1 aliphatic rings. The van der Waals surface area contributed by atoms with Crippen LogP contribution >= 0.6 is 11.6 Å². The van der Waals surface area contributed by atoms with Crippen molar-refractivity contribution in [3.05, 3.63) is 34.6 Å². The highest BCUT2D eigenvalue weighted by Crippen LogP contribution is 2.39. The van der Waals surface area contributed by atoms with E-state index in [-0.39, 0.29) is 17.5 Å². The van der Waals surface area contributed by atoms with Crippen LogP contribution in [0.3, 0.4) is 0 Å². The molecule has 0 heterocycles. The fraction of sp³-hybridized carbons (Fsp3) is 0.600. The van der Waals surface area contributed by atoms with Gasteiger partial charge >= 0.3 is 0 Å². The largest absolute Gasteiger partial charge is 0.377 e. The number of hydrogen-bond donors (Lipinski definition) is 1. The molecule has 1 unspecified atom stereocenters. The van der Waals surface area contributed by atoms with Crippen molar-refractivity contribution in [1.29, 1.82) is 0 Å². The Labute approximate surface area is 119 Å². The van der Waals surface area contributed by atoms with Crippen LogP contribution in [0.1, 0.15) is 31.7 Å². The first-order chi connectivity index (χ1) is 9.11. The molecule has 1 saturated carbocycles. The van der Waals surface area contributed by atoms with Crippen LogP contribution in [-0.2, 0) is 11.2 Å². The lowest BCUT2D eigenvalue weighted by atomic mass is 9.72. The van der Waals surface area contributed by atoms with Crippen LogP contribution in [0.4, 0.5) is 4.39 Å². The van der Waals surface area contributed by atoms with Crippen LogP contribution in [0.5, 0.6) is 0 Å². The SMILES string of the molecule is CCNC(Cc1cc(Cl)ccc1F)C1(OC)CCC1. The second-order valence-electron chi connectivity index (χ2n) is 5.17. The van der Waals surface area contributed by atoms with Crippen LogP contribution in [0, 0.1) is 5.82 Å². The van der Waals surface area contributed by atoms with Crippen molar-refractivity contribution in [1.82, 2.24) is 5.32 Å². The molecule has 19 heavy (non-hydrogen) atoms. The molecule has 1 N–H and O–H groups in total. The van der Waals surface area contributed by atoms with Crippen molar-refractivity contribution in [2.45, 2.75) is 44.2 Å². The minimum Gasteiger partial charge on any atom is -0.377 e. The second kappa shape index (κ2) is 6.21.